The number of hydrogen-bond acceptors (Lipinski definition) is 3. The first-order valence-electron chi connectivity index (χ1n) is 7.06. The Morgan fingerprint density at radius 2 is 2.00 bits per heavy atom. The Labute approximate surface area is 120 Å². The van der Waals surface area contributed by atoms with Crippen LogP contribution in [0.1, 0.15) is 53.7 Å². The standard InChI is InChI=1S/C15H25NO2S/c1-5-12(6-2)9-16(7-3)10-13-8-14(15(17)18)19-11(13)4/h8,12H,5-7,9-10H2,1-4H3,(H,17,18). The lowest BCUT2D eigenvalue weighted by Gasteiger charge is -2.25. The van der Waals surface area contributed by atoms with E-state index < -0.39 is 5.97 Å². The van der Waals surface area contributed by atoms with Gasteiger partial charge in [0.1, 0.15) is 4.88 Å². The zero-order valence-electron chi connectivity index (χ0n) is 12.4. The van der Waals surface area contributed by atoms with E-state index in [0.29, 0.717) is 4.88 Å². The van der Waals surface area contributed by atoms with E-state index in [1.54, 1.807) is 0 Å². The molecule has 0 amide bonds. The fraction of sp³-hybridized carbons (Fsp3) is 0.667. The highest BCUT2D eigenvalue weighted by atomic mass is 32.1. The summed E-state index contributed by atoms with van der Waals surface area (Å²) in [5.41, 5.74) is 1.16. The van der Waals surface area contributed by atoms with Crippen molar-refractivity contribution in [3.63, 3.8) is 0 Å². The van der Waals surface area contributed by atoms with Crippen LogP contribution in [0.15, 0.2) is 6.07 Å². The predicted molar refractivity (Wildman–Crippen MR) is 81.0 cm³/mol. The van der Waals surface area contributed by atoms with Gasteiger partial charge in [-0.05, 0) is 31.0 Å². The molecule has 0 unspecified atom stereocenters. The van der Waals surface area contributed by atoms with Gasteiger partial charge in [-0.3, -0.25) is 4.90 Å². The van der Waals surface area contributed by atoms with Gasteiger partial charge in [-0.1, -0.05) is 33.6 Å². The summed E-state index contributed by atoms with van der Waals surface area (Å²) in [6, 6.07) is 1.83. The first-order chi connectivity index (χ1) is 9.01. The number of thiophene rings is 1. The molecule has 0 bridgehead atoms. The molecule has 3 nitrogen and oxygen atoms in total. The van der Waals surface area contributed by atoms with Crippen LogP contribution >= 0.6 is 11.3 Å². The lowest BCUT2D eigenvalue weighted by Crippen LogP contribution is -2.28. The SMILES string of the molecule is CCC(CC)CN(CC)Cc1cc(C(=O)O)sc1C. The summed E-state index contributed by atoms with van der Waals surface area (Å²) < 4.78 is 0. The van der Waals surface area contributed by atoms with Gasteiger partial charge in [0, 0.05) is 18.0 Å². The third kappa shape index (κ3) is 4.62. The van der Waals surface area contributed by atoms with Crippen LogP contribution in [0.25, 0.3) is 0 Å². The van der Waals surface area contributed by atoms with Crippen LogP contribution in [0, 0.1) is 12.8 Å². The molecule has 0 aliphatic rings. The second-order valence-corrected chi connectivity index (χ2v) is 6.26. The molecule has 0 aliphatic heterocycles. The molecule has 0 spiro atoms. The van der Waals surface area contributed by atoms with Gasteiger partial charge < -0.3 is 5.11 Å². The highest BCUT2D eigenvalue weighted by Gasteiger charge is 2.15. The maximum Gasteiger partial charge on any atom is 0.345 e. The number of rotatable bonds is 8. The smallest absolute Gasteiger partial charge is 0.345 e. The molecular formula is C15H25NO2S. The normalized spacial score (nSPS) is 11.5. The van der Waals surface area contributed by atoms with Crippen molar-refractivity contribution in [2.45, 2.75) is 47.1 Å². The minimum atomic E-state index is -0.817. The third-order valence-electron chi connectivity index (χ3n) is 3.74. The van der Waals surface area contributed by atoms with Gasteiger partial charge >= 0.3 is 5.97 Å². The molecule has 0 atom stereocenters. The van der Waals surface area contributed by atoms with E-state index in [2.05, 4.69) is 25.7 Å². The van der Waals surface area contributed by atoms with Crippen LogP contribution in [0.2, 0.25) is 0 Å². The molecule has 1 N–H and O–H groups in total. The quantitative estimate of drug-likeness (QED) is 0.783. The van der Waals surface area contributed by atoms with Gasteiger partial charge in [0.2, 0.25) is 0 Å². The topological polar surface area (TPSA) is 40.5 Å². The van der Waals surface area contributed by atoms with E-state index in [1.165, 1.54) is 24.2 Å². The molecule has 0 radical (unpaired) electrons. The van der Waals surface area contributed by atoms with Crippen molar-refractivity contribution in [3.05, 3.63) is 21.4 Å². The molecule has 108 valence electrons. The minimum Gasteiger partial charge on any atom is -0.477 e. The van der Waals surface area contributed by atoms with Crippen molar-refractivity contribution in [2.24, 2.45) is 5.92 Å². The van der Waals surface area contributed by atoms with E-state index in [0.717, 1.165) is 36.0 Å². The molecule has 1 heterocycles. The second-order valence-electron chi connectivity index (χ2n) is 5.01. The van der Waals surface area contributed by atoms with Crippen molar-refractivity contribution < 1.29 is 9.90 Å². The molecule has 0 aliphatic carbocycles. The number of carboxylic acid groups (broad SMARTS) is 1. The maximum absolute atomic E-state index is 11.0. The van der Waals surface area contributed by atoms with Crippen molar-refractivity contribution in [3.8, 4) is 0 Å². The van der Waals surface area contributed by atoms with Gasteiger partial charge in [-0.15, -0.1) is 11.3 Å². The Balaban J connectivity index is 2.72. The molecule has 1 rings (SSSR count). The summed E-state index contributed by atoms with van der Waals surface area (Å²) in [4.78, 5) is 15.0. The average Bonchev–Trinajstić information content (AvgIpc) is 2.76. The highest BCUT2D eigenvalue weighted by molar-refractivity contribution is 7.14. The van der Waals surface area contributed by atoms with E-state index in [1.807, 2.05) is 13.0 Å². The zero-order chi connectivity index (χ0) is 14.4. The summed E-state index contributed by atoms with van der Waals surface area (Å²) in [5.74, 6) is -0.0831. The number of aromatic carboxylic acids is 1. The van der Waals surface area contributed by atoms with E-state index in [9.17, 15) is 4.79 Å². The Morgan fingerprint density at radius 1 is 1.37 bits per heavy atom. The monoisotopic (exact) mass is 283 g/mol. The van der Waals surface area contributed by atoms with E-state index in [-0.39, 0.29) is 0 Å². The predicted octanol–water partition coefficient (Wildman–Crippen LogP) is 4.01. The van der Waals surface area contributed by atoms with Gasteiger partial charge in [-0.2, -0.15) is 0 Å². The molecule has 1 aromatic rings. The van der Waals surface area contributed by atoms with Crippen LogP contribution < -0.4 is 0 Å². The Bertz CT molecular complexity index is 410. The van der Waals surface area contributed by atoms with Crippen molar-refractivity contribution in [2.75, 3.05) is 13.1 Å². The molecule has 0 saturated carbocycles. The van der Waals surface area contributed by atoms with Crippen LogP contribution in [0.3, 0.4) is 0 Å². The number of carbonyl (C=O) groups is 1. The Kier molecular flexibility index (Phi) is 6.52. The van der Waals surface area contributed by atoms with Crippen molar-refractivity contribution in [1.29, 1.82) is 0 Å². The Hall–Kier alpha value is -0.870. The summed E-state index contributed by atoms with van der Waals surface area (Å²) in [5, 5.41) is 9.03. The minimum absolute atomic E-state index is 0.450. The lowest BCUT2D eigenvalue weighted by atomic mass is 10.0. The average molecular weight is 283 g/mol. The maximum atomic E-state index is 11.0. The lowest BCUT2D eigenvalue weighted by molar-refractivity contribution is 0.0702. The van der Waals surface area contributed by atoms with Gasteiger partial charge in [0.25, 0.3) is 0 Å². The van der Waals surface area contributed by atoms with Crippen LogP contribution in [0.4, 0.5) is 0 Å². The van der Waals surface area contributed by atoms with Crippen LogP contribution in [-0.2, 0) is 6.54 Å². The molecule has 0 fully saturated rings. The molecular weight excluding hydrogens is 258 g/mol. The van der Waals surface area contributed by atoms with Crippen LogP contribution in [0.5, 0.6) is 0 Å². The Morgan fingerprint density at radius 3 is 2.42 bits per heavy atom. The number of hydrogen-bond donors (Lipinski definition) is 1. The van der Waals surface area contributed by atoms with Gasteiger partial charge in [0.15, 0.2) is 0 Å². The summed E-state index contributed by atoms with van der Waals surface area (Å²) in [6.07, 6.45) is 2.41. The van der Waals surface area contributed by atoms with E-state index in [4.69, 9.17) is 5.11 Å². The molecule has 4 heteroatoms. The molecule has 0 saturated heterocycles. The second kappa shape index (κ2) is 7.65. The van der Waals surface area contributed by atoms with Crippen molar-refractivity contribution in [1.82, 2.24) is 4.90 Å². The summed E-state index contributed by atoms with van der Waals surface area (Å²) in [6.45, 7) is 11.6. The molecule has 19 heavy (non-hydrogen) atoms. The largest absolute Gasteiger partial charge is 0.477 e. The van der Waals surface area contributed by atoms with Gasteiger partial charge in [0.05, 0.1) is 0 Å². The first-order valence-corrected chi connectivity index (χ1v) is 7.88. The number of aryl methyl sites for hydroxylation is 1. The fourth-order valence-electron chi connectivity index (χ4n) is 2.24. The van der Waals surface area contributed by atoms with E-state index >= 15 is 0 Å². The first kappa shape index (κ1) is 16.2. The zero-order valence-corrected chi connectivity index (χ0v) is 13.2. The number of nitrogens with zero attached hydrogens (tertiary/aromatic N) is 1. The fourth-order valence-corrected chi connectivity index (χ4v) is 3.11. The molecule has 0 aromatic carbocycles. The summed E-state index contributed by atoms with van der Waals surface area (Å²) >= 11 is 1.38. The molecule has 1 aromatic heterocycles. The summed E-state index contributed by atoms with van der Waals surface area (Å²) in [7, 11) is 0. The third-order valence-corrected chi connectivity index (χ3v) is 4.82. The van der Waals surface area contributed by atoms with Crippen molar-refractivity contribution >= 4 is 17.3 Å². The highest BCUT2D eigenvalue weighted by Crippen LogP contribution is 2.23. The van der Waals surface area contributed by atoms with Gasteiger partial charge in [-0.25, -0.2) is 4.79 Å². The number of carboxylic acids is 1. The van der Waals surface area contributed by atoms with Crippen LogP contribution in [-0.4, -0.2) is 29.1 Å².